The minimum Gasteiger partial charge on any atom is -0.340 e. The molecule has 1 aromatic carbocycles. The van der Waals surface area contributed by atoms with Crippen molar-refractivity contribution in [1.29, 1.82) is 0 Å². The number of hydrogen-bond acceptors (Lipinski definition) is 6. The fourth-order valence-corrected chi connectivity index (χ4v) is 2.97. The van der Waals surface area contributed by atoms with Crippen molar-refractivity contribution in [1.82, 2.24) is 20.5 Å². The molecule has 1 aliphatic heterocycles. The highest BCUT2D eigenvalue weighted by molar-refractivity contribution is 6.31. The average Bonchev–Trinajstić information content (AvgIpc) is 3.19. The van der Waals surface area contributed by atoms with Gasteiger partial charge in [0.15, 0.2) is 0 Å². The van der Waals surface area contributed by atoms with Gasteiger partial charge in [-0.3, -0.25) is 15.0 Å². The Morgan fingerprint density at radius 1 is 1.52 bits per heavy atom. The maximum atomic E-state index is 11.1. The van der Waals surface area contributed by atoms with Gasteiger partial charge in [-0.1, -0.05) is 30.7 Å². The summed E-state index contributed by atoms with van der Waals surface area (Å²) in [6, 6.07) is 5.43. The number of carbonyl (C=O) groups is 1. The van der Waals surface area contributed by atoms with E-state index in [1.165, 1.54) is 0 Å². The molecule has 0 saturated heterocycles. The molecular weight excluding hydrogens is 344 g/mol. The zero-order chi connectivity index (χ0) is 18.0. The molecule has 0 bridgehead atoms. The summed E-state index contributed by atoms with van der Waals surface area (Å²) < 4.78 is 0. The number of aromatic nitrogens is 2. The van der Waals surface area contributed by atoms with E-state index in [1.807, 2.05) is 23.2 Å². The number of hydrogen-bond donors (Lipinski definition) is 3. The lowest BCUT2D eigenvalue weighted by Gasteiger charge is -2.26. The maximum Gasteiger partial charge on any atom is 0.247 e. The highest BCUT2D eigenvalue weighted by atomic mass is 35.5. The third-order valence-electron chi connectivity index (χ3n) is 3.95. The van der Waals surface area contributed by atoms with Crippen molar-refractivity contribution in [2.24, 2.45) is 16.3 Å². The predicted octanol–water partition coefficient (Wildman–Crippen LogP) is 3.38. The molecule has 1 unspecified atom stereocenters. The Morgan fingerprint density at radius 2 is 2.32 bits per heavy atom. The van der Waals surface area contributed by atoms with Gasteiger partial charge in [-0.15, -0.1) is 5.11 Å². The van der Waals surface area contributed by atoms with Gasteiger partial charge in [-0.05, 0) is 30.2 Å². The maximum absolute atomic E-state index is 11.1. The molecule has 2 aromatic rings. The third kappa shape index (κ3) is 3.80. The van der Waals surface area contributed by atoms with E-state index < -0.39 is 5.91 Å². The van der Waals surface area contributed by atoms with Crippen LogP contribution in [0.25, 0.3) is 11.0 Å². The number of aromatic amines is 1. The number of benzene rings is 1. The fourth-order valence-electron chi connectivity index (χ4n) is 2.80. The fraction of sp³-hybridized carbons (Fsp3) is 0.375. The van der Waals surface area contributed by atoms with Crippen LogP contribution in [0.15, 0.2) is 40.3 Å². The van der Waals surface area contributed by atoms with Crippen LogP contribution in [-0.4, -0.2) is 32.6 Å². The number of nitrogens with zero attached hydrogens (tertiary/aromatic N) is 4. The zero-order valence-corrected chi connectivity index (χ0v) is 14.7. The van der Waals surface area contributed by atoms with Gasteiger partial charge in [0.1, 0.15) is 11.9 Å². The highest BCUT2D eigenvalue weighted by Gasteiger charge is 2.29. The second-order valence-electron chi connectivity index (χ2n) is 6.19. The molecule has 1 aromatic heterocycles. The number of carbonyl (C=O) groups excluding carboxylic acids is 1. The number of rotatable bonds is 5. The minimum atomic E-state index is -0.490. The van der Waals surface area contributed by atoms with Gasteiger partial charge in [0.05, 0.1) is 23.3 Å². The average molecular weight is 363 g/mol. The topological polar surface area (TPSA) is 106 Å². The minimum absolute atomic E-state index is 0.0498. The molecule has 2 heterocycles. The number of hydroxylamine groups is 1. The molecule has 8 nitrogen and oxygen atoms in total. The van der Waals surface area contributed by atoms with Crippen LogP contribution in [0.4, 0.5) is 0 Å². The van der Waals surface area contributed by atoms with Gasteiger partial charge in [0.2, 0.25) is 5.91 Å². The number of imidazole rings is 1. The van der Waals surface area contributed by atoms with E-state index in [0.29, 0.717) is 17.3 Å². The number of halogens is 1. The van der Waals surface area contributed by atoms with Gasteiger partial charge in [0, 0.05) is 11.4 Å². The first-order valence-corrected chi connectivity index (χ1v) is 8.31. The van der Waals surface area contributed by atoms with E-state index in [4.69, 9.17) is 16.8 Å². The van der Waals surface area contributed by atoms with Crippen molar-refractivity contribution in [3.8, 4) is 0 Å². The van der Waals surface area contributed by atoms with E-state index in [0.717, 1.165) is 16.9 Å². The molecular formula is C16H19ClN6O2. The molecule has 0 saturated carbocycles. The first kappa shape index (κ1) is 17.4. The predicted molar refractivity (Wildman–Crippen MR) is 92.9 cm³/mol. The van der Waals surface area contributed by atoms with Gasteiger partial charge < -0.3 is 4.98 Å². The Kier molecular flexibility index (Phi) is 5.00. The van der Waals surface area contributed by atoms with E-state index in [2.05, 4.69) is 34.2 Å². The van der Waals surface area contributed by atoms with Crippen molar-refractivity contribution in [2.45, 2.75) is 26.3 Å². The van der Waals surface area contributed by atoms with Gasteiger partial charge in [-0.25, -0.2) is 10.5 Å². The Hall–Kier alpha value is -2.45. The molecule has 9 heteroatoms. The first-order valence-electron chi connectivity index (χ1n) is 7.93. The van der Waals surface area contributed by atoms with Crippen LogP contribution in [0.2, 0.25) is 5.02 Å². The normalized spacial score (nSPS) is 17.0. The van der Waals surface area contributed by atoms with E-state index >= 15 is 0 Å². The summed E-state index contributed by atoms with van der Waals surface area (Å²) >= 11 is 6.04. The van der Waals surface area contributed by atoms with Crippen molar-refractivity contribution < 1.29 is 10.0 Å². The quantitative estimate of drug-likeness (QED) is 0.560. The lowest BCUT2D eigenvalue weighted by molar-refractivity contribution is -0.128. The zero-order valence-electron chi connectivity index (χ0n) is 13.9. The standard InChI is InChI=1S/C16H19ClN6O2/c1-9(2)15(16-18-12-5-3-10(17)7-13(12)19-16)23-8-11(20-22-23)4-6-14(24)21-25/h3-5,7,9,15,25H,6,8H2,1-2H3,(H,18,19)(H,21,24)/b11-4-. The van der Waals surface area contributed by atoms with Crippen LogP contribution in [0.1, 0.15) is 32.1 Å². The summed E-state index contributed by atoms with van der Waals surface area (Å²) in [5.74, 6) is 0.534. The Balaban J connectivity index is 1.82. The lowest BCUT2D eigenvalue weighted by Crippen LogP contribution is -2.27. The summed E-state index contributed by atoms with van der Waals surface area (Å²) in [6.07, 6.45) is 1.69. The molecule has 0 radical (unpaired) electrons. The smallest absolute Gasteiger partial charge is 0.247 e. The molecule has 25 heavy (non-hydrogen) atoms. The van der Waals surface area contributed by atoms with E-state index in [-0.39, 0.29) is 18.4 Å². The number of nitrogens with one attached hydrogen (secondary N) is 2. The number of amides is 1. The van der Waals surface area contributed by atoms with E-state index in [9.17, 15) is 4.79 Å². The molecule has 132 valence electrons. The van der Waals surface area contributed by atoms with Gasteiger partial charge >= 0.3 is 0 Å². The summed E-state index contributed by atoms with van der Waals surface area (Å²) in [5.41, 5.74) is 3.98. The van der Waals surface area contributed by atoms with Crippen molar-refractivity contribution in [3.05, 3.63) is 40.8 Å². The van der Waals surface area contributed by atoms with Crippen LogP contribution in [0.5, 0.6) is 0 Å². The largest absolute Gasteiger partial charge is 0.340 e. The second-order valence-corrected chi connectivity index (χ2v) is 6.63. The SMILES string of the molecule is CC(C)C(c1nc2ccc(Cl)cc2[nH]1)N1C/C(=C/CC(=O)NO)N=N1. The first-order chi connectivity index (χ1) is 12.0. The molecule has 0 fully saturated rings. The van der Waals surface area contributed by atoms with Crippen molar-refractivity contribution in [3.63, 3.8) is 0 Å². The molecule has 0 spiro atoms. The molecule has 3 N–H and O–H groups in total. The van der Waals surface area contributed by atoms with Crippen LogP contribution in [0, 0.1) is 5.92 Å². The Bertz CT molecular complexity index is 844. The summed E-state index contributed by atoms with van der Waals surface area (Å²) in [6.45, 7) is 4.64. The van der Waals surface area contributed by atoms with Crippen LogP contribution in [0.3, 0.4) is 0 Å². The molecule has 1 aliphatic rings. The van der Waals surface area contributed by atoms with Crippen LogP contribution < -0.4 is 5.48 Å². The second kappa shape index (κ2) is 7.20. The van der Waals surface area contributed by atoms with Gasteiger partial charge in [0.25, 0.3) is 0 Å². The lowest BCUT2D eigenvalue weighted by atomic mass is 10.0. The summed E-state index contributed by atoms with van der Waals surface area (Å²) in [7, 11) is 0. The van der Waals surface area contributed by atoms with Gasteiger partial charge in [-0.2, -0.15) is 0 Å². The summed E-state index contributed by atoms with van der Waals surface area (Å²) in [4.78, 5) is 19.1. The third-order valence-corrected chi connectivity index (χ3v) is 4.19. The monoisotopic (exact) mass is 362 g/mol. The summed E-state index contributed by atoms with van der Waals surface area (Å²) in [5, 5.41) is 19.4. The highest BCUT2D eigenvalue weighted by Crippen LogP contribution is 2.32. The van der Waals surface area contributed by atoms with Crippen LogP contribution >= 0.6 is 11.6 Å². The number of H-pyrrole nitrogens is 1. The molecule has 3 rings (SSSR count). The Labute approximate surface area is 149 Å². The molecule has 0 aliphatic carbocycles. The van der Waals surface area contributed by atoms with Crippen LogP contribution in [-0.2, 0) is 4.79 Å². The molecule has 1 atom stereocenters. The van der Waals surface area contributed by atoms with Crippen molar-refractivity contribution in [2.75, 3.05) is 6.54 Å². The molecule has 1 amide bonds. The number of fused-ring (bicyclic) bond motifs is 1. The van der Waals surface area contributed by atoms with E-state index in [1.54, 1.807) is 11.6 Å². The van der Waals surface area contributed by atoms with Crippen molar-refractivity contribution >= 4 is 28.5 Å². The Morgan fingerprint density at radius 3 is 3.04 bits per heavy atom.